The van der Waals surface area contributed by atoms with E-state index in [2.05, 4.69) is 21.9 Å². The first-order chi connectivity index (χ1) is 12.2. The van der Waals surface area contributed by atoms with Crippen molar-refractivity contribution in [2.24, 2.45) is 5.92 Å². The van der Waals surface area contributed by atoms with Gasteiger partial charge in [-0.15, -0.1) is 0 Å². The molecule has 0 saturated carbocycles. The van der Waals surface area contributed by atoms with Crippen molar-refractivity contribution in [2.75, 3.05) is 25.4 Å². The van der Waals surface area contributed by atoms with Crippen molar-refractivity contribution in [3.8, 4) is 0 Å². The Bertz CT molecular complexity index is 776. The summed E-state index contributed by atoms with van der Waals surface area (Å²) in [5.74, 6) is 0.750. The van der Waals surface area contributed by atoms with Crippen molar-refractivity contribution in [1.29, 1.82) is 0 Å². The quantitative estimate of drug-likeness (QED) is 0.903. The summed E-state index contributed by atoms with van der Waals surface area (Å²) in [7, 11) is 0. The Hall–Kier alpha value is -2.22. The second-order valence-electron chi connectivity index (χ2n) is 6.93. The molecule has 0 aromatic carbocycles. The number of carbonyl (C=O) groups is 1. The summed E-state index contributed by atoms with van der Waals surface area (Å²) in [5.41, 5.74) is 7.23. The molecule has 2 aromatic rings. The molecule has 0 spiro atoms. The van der Waals surface area contributed by atoms with Crippen molar-refractivity contribution in [3.63, 3.8) is 0 Å². The first kappa shape index (κ1) is 16.3. The highest BCUT2D eigenvalue weighted by Crippen LogP contribution is 2.30. The molecule has 3 unspecified atom stereocenters. The molecule has 134 valence electrons. The zero-order chi connectivity index (χ0) is 17.4. The molecule has 1 amide bonds. The van der Waals surface area contributed by atoms with E-state index in [-0.39, 0.29) is 24.0 Å². The number of imidazole rings is 1. The van der Waals surface area contributed by atoms with Crippen LogP contribution < -0.4 is 5.73 Å². The highest BCUT2D eigenvalue weighted by Gasteiger charge is 2.34. The summed E-state index contributed by atoms with van der Waals surface area (Å²) < 4.78 is 7.73. The maximum Gasteiger partial charge on any atom is 0.225 e. The Morgan fingerprint density at radius 1 is 1.36 bits per heavy atom. The molecule has 4 heterocycles. The van der Waals surface area contributed by atoms with Crippen molar-refractivity contribution >= 4 is 22.9 Å². The zero-order valence-electron chi connectivity index (χ0n) is 14.5. The highest BCUT2D eigenvalue weighted by atomic mass is 16.5. The van der Waals surface area contributed by atoms with Gasteiger partial charge in [0.2, 0.25) is 5.91 Å². The molecule has 0 aliphatic carbocycles. The fraction of sp³-hybridized carbons (Fsp3) is 0.647. The summed E-state index contributed by atoms with van der Waals surface area (Å²) in [5, 5.41) is 0. The number of nitrogens with two attached hydrogens (primary N) is 1. The van der Waals surface area contributed by atoms with Crippen LogP contribution in [0.4, 0.5) is 5.82 Å². The smallest absolute Gasteiger partial charge is 0.225 e. The number of anilines is 1. The van der Waals surface area contributed by atoms with E-state index in [1.54, 1.807) is 6.33 Å². The van der Waals surface area contributed by atoms with Crippen LogP contribution in [0.2, 0.25) is 0 Å². The SMILES string of the molecule is CCC1CC(C(=O)N2CCC(n3cnc4c(N)ncnc43)C2)CCO1. The van der Waals surface area contributed by atoms with Crippen LogP contribution in [0.3, 0.4) is 0 Å². The fourth-order valence-corrected chi connectivity index (χ4v) is 3.95. The van der Waals surface area contributed by atoms with Crippen LogP contribution in [-0.2, 0) is 9.53 Å². The summed E-state index contributed by atoms with van der Waals surface area (Å²) in [4.78, 5) is 27.5. The number of amides is 1. The first-order valence-electron chi connectivity index (χ1n) is 9.00. The van der Waals surface area contributed by atoms with Crippen molar-refractivity contribution in [3.05, 3.63) is 12.7 Å². The number of likely N-dealkylation sites (tertiary alicyclic amines) is 1. The van der Waals surface area contributed by atoms with Gasteiger partial charge in [-0.1, -0.05) is 6.92 Å². The van der Waals surface area contributed by atoms with Crippen LogP contribution in [0.1, 0.15) is 38.6 Å². The average molecular weight is 344 g/mol. The van der Waals surface area contributed by atoms with Crippen LogP contribution >= 0.6 is 0 Å². The van der Waals surface area contributed by atoms with Crippen LogP contribution in [-0.4, -0.2) is 56.1 Å². The molecule has 8 nitrogen and oxygen atoms in total. The maximum absolute atomic E-state index is 12.9. The number of hydrogen-bond donors (Lipinski definition) is 1. The van der Waals surface area contributed by atoms with E-state index in [1.807, 2.05) is 9.47 Å². The van der Waals surface area contributed by atoms with Crippen molar-refractivity contribution in [1.82, 2.24) is 24.4 Å². The van der Waals surface area contributed by atoms with Gasteiger partial charge in [-0.25, -0.2) is 15.0 Å². The summed E-state index contributed by atoms with van der Waals surface area (Å²) in [6.07, 6.45) is 6.98. The lowest BCUT2D eigenvalue weighted by Crippen LogP contribution is -2.39. The van der Waals surface area contributed by atoms with E-state index in [0.29, 0.717) is 24.5 Å². The molecular weight excluding hydrogens is 320 g/mol. The Morgan fingerprint density at radius 2 is 2.24 bits per heavy atom. The lowest BCUT2D eigenvalue weighted by molar-refractivity contribution is -0.139. The second kappa shape index (κ2) is 6.59. The van der Waals surface area contributed by atoms with Gasteiger partial charge in [0.25, 0.3) is 0 Å². The van der Waals surface area contributed by atoms with E-state index >= 15 is 0 Å². The molecule has 2 aliphatic heterocycles. The van der Waals surface area contributed by atoms with Gasteiger partial charge >= 0.3 is 0 Å². The number of nitrogen functional groups attached to an aromatic ring is 1. The number of nitrogens with zero attached hydrogens (tertiary/aromatic N) is 5. The predicted molar refractivity (Wildman–Crippen MR) is 92.7 cm³/mol. The molecule has 0 bridgehead atoms. The van der Waals surface area contributed by atoms with Crippen molar-refractivity contribution < 1.29 is 9.53 Å². The molecule has 2 aliphatic rings. The number of fused-ring (bicyclic) bond motifs is 1. The molecule has 2 saturated heterocycles. The standard InChI is InChI=1S/C17H24N6O2/c1-2-13-7-11(4-6-25-13)17(24)22-5-3-12(8-22)23-10-21-14-15(18)19-9-20-16(14)23/h9-13H,2-8H2,1H3,(H2,18,19,20). The van der Waals surface area contributed by atoms with Gasteiger partial charge in [0.1, 0.15) is 11.8 Å². The summed E-state index contributed by atoms with van der Waals surface area (Å²) in [6.45, 7) is 4.27. The normalized spacial score (nSPS) is 27.1. The van der Waals surface area contributed by atoms with E-state index in [0.717, 1.165) is 37.9 Å². The number of carbonyl (C=O) groups excluding carboxylic acids is 1. The Labute approximate surface area is 146 Å². The third-order valence-corrected chi connectivity index (χ3v) is 5.43. The van der Waals surface area contributed by atoms with Gasteiger partial charge < -0.3 is 19.9 Å². The van der Waals surface area contributed by atoms with Crippen LogP contribution in [0.25, 0.3) is 11.2 Å². The Morgan fingerprint density at radius 3 is 3.08 bits per heavy atom. The Balaban J connectivity index is 1.47. The van der Waals surface area contributed by atoms with Gasteiger partial charge in [-0.05, 0) is 25.7 Å². The molecule has 2 aromatic heterocycles. The molecule has 3 atom stereocenters. The topological polar surface area (TPSA) is 99.2 Å². The van der Waals surface area contributed by atoms with Crippen LogP contribution in [0.5, 0.6) is 0 Å². The highest BCUT2D eigenvalue weighted by molar-refractivity contribution is 5.81. The minimum absolute atomic E-state index is 0.0925. The third kappa shape index (κ3) is 2.95. The zero-order valence-corrected chi connectivity index (χ0v) is 14.5. The Kier molecular flexibility index (Phi) is 4.29. The van der Waals surface area contributed by atoms with Gasteiger partial charge in [-0.2, -0.15) is 0 Å². The monoisotopic (exact) mass is 344 g/mol. The van der Waals surface area contributed by atoms with Crippen LogP contribution in [0.15, 0.2) is 12.7 Å². The van der Waals surface area contributed by atoms with Gasteiger partial charge in [0, 0.05) is 25.6 Å². The molecule has 8 heteroatoms. The summed E-state index contributed by atoms with van der Waals surface area (Å²) >= 11 is 0. The minimum Gasteiger partial charge on any atom is -0.382 e. The fourth-order valence-electron chi connectivity index (χ4n) is 3.95. The molecule has 0 radical (unpaired) electrons. The van der Waals surface area contributed by atoms with Crippen molar-refractivity contribution in [2.45, 2.75) is 44.8 Å². The molecule has 2 fully saturated rings. The lowest BCUT2D eigenvalue weighted by Gasteiger charge is -2.31. The maximum atomic E-state index is 12.9. The minimum atomic E-state index is 0.0925. The van der Waals surface area contributed by atoms with Crippen LogP contribution in [0, 0.1) is 5.92 Å². The molecule has 2 N–H and O–H groups in total. The van der Waals surface area contributed by atoms with Gasteiger partial charge in [0.05, 0.1) is 18.5 Å². The second-order valence-corrected chi connectivity index (χ2v) is 6.93. The third-order valence-electron chi connectivity index (χ3n) is 5.43. The first-order valence-corrected chi connectivity index (χ1v) is 9.00. The van der Waals surface area contributed by atoms with E-state index in [1.165, 1.54) is 6.33 Å². The van der Waals surface area contributed by atoms with E-state index in [9.17, 15) is 4.79 Å². The summed E-state index contributed by atoms with van der Waals surface area (Å²) in [6, 6.07) is 0.185. The van der Waals surface area contributed by atoms with Gasteiger partial charge in [-0.3, -0.25) is 4.79 Å². The molecular formula is C17H24N6O2. The number of hydrogen-bond acceptors (Lipinski definition) is 6. The van der Waals surface area contributed by atoms with E-state index in [4.69, 9.17) is 10.5 Å². The molecule has 4 rings (SSSR count). The largest absolute Gasteiger partial charge is 0.382 e. The predicted octanol–water partition coefficient (Wildman–Crippen LogP) is 1.39. The lowest BCUT2D eigenvalue weighted by atomic mass is 9.93. The van der Waals surface area contributed by atoms with E-state index < -0.39 is 0 Å². The number of aromatic nitrogens is 4. The average Bonchev–Trinajstić information content (AvgIpc) is 3.28. The molecule has 25 heavy (non-hydrogen) atoms. The number of ether oxygens (including phenoxy) is 1. The van der Waals surface area contributed by atoms with Gasteiger partial charge in [0.15, 0.2) is 11.5 Å². The number of rotatable bonds is 3.